The molecule has 0 saturated carbocycles. The van der Waals surface area contributed by atoms with Gasteiger partial charge in [0.2, 0.25) is 11.8 Å². The number of hydrogen-bond acceptors (Lipinski definition) is 7. The molecule has 0 radical (unpaired) electrons. The van der Waals surface area contributed by atoms with Crippen molar-refractivity contribution < 1.29 is 36.7 Å². The summed E-state index contributed by atoms with van der Waals surface area (Å²) in [4.78, 5) is 52.9. The zero-order valence-corrected chi connectivity index (χ0v) is 26.6. The van der Waals surface area contributed by atoms with Crippen LogP contribution in [0.25, 0.3) is 0 Å². The van der Waals surface area contributed by atoms with Gasteiger partial charge in [0.1, 0.15) is 11.9 Å². The number of likely N-dealkylation sites (tertiary alicyclic amines) is 1. The molecule has 0 spiro atoms. The highest BCUT2D eigenvalue weighted by Gasteiger charge is 2.53. The number of sulfone groups is 1. The van der Waals surface area contributed by atoms with Gasteiger partial charge in [0, 0.05) is 17.8 Å². The van der Waals surface area contributed by atoms with Gasteiger partial charge >= 0.3 is 12.0 Å². The molecule has 3 unspecified atom stereocenters. The first-order valence-corrected chi connectivity index (χ1v) is 16.3. The largest absolute Gasteiger partial charge is 0.469 e. The highest BCUT2D eigenvalue weighted by molar-refractivity contribution is 7.92. The van der Waals surface area contributed by atoms with Crippen LogP contribution in [0.5, 0.6) is 0 Å². The van der Waals surface area contributed by atoms with Gasteiger partial charge in [0.15, 0.2) is 9.84 Å². The molecule has 4 amide bonds. The van der Waals surface area contributed by atoms with E-state index in [1.54, 1.807) is 42.5 Å². The first kappa shape index (κ1) is 34.1. The second-order valence-corrected chi connectivity index (χ2v) is 13.5. The zero-order valence-electron chi connectivity index (χ0n) is 25.7. The van der Waals surface area contributed by atoms with Crippen LogP contribution in [0, 0.1) is 11.7 Å². The van der Waals surface area contributed by atoms with E-state index in [0.717, 1.165) is 11.0 Å². The Morgan fingerprint density at radius 3 is 2.33 bits per heavy atom. The lowest BCUT2D eigenvalue weighted by atomic mass is 10.0. The van der Waals surface area contributed by atoms with Gasteiger partial charge < -0.3 is 25.6 Å². The Labute approximate surface area is 267 Å². The number of ether oxygens (including phenoxy) is 1. The minimum atomic E-state index is -4.18. The average Bonchev–Trinajstić information content (AvgIpc) is 3.45. The van der Waals surface area contributed by atoms with Crippen LogP contribution in [0.15, 0.2) is 83.8 Å². The Morgan fingerprint density at radius 1 is 0.957 bits per heavy atom. The van der Waals surface area contributed by atoms with Crippen LogP contribution < -0.4 is 16.0 Å². The topological polar surface area (TPSA) is 151 Å². The van der Waals surface area contributed by atoms with E-state index in [1.807, 2.05) is 13.8 Å². The second-order valence-electron chi connectivity index (χ2n) is 11.3. The van der Waals surface area contributed by atoms with Crippen molar-refractivity contribution in [3.05, 3.63) is 95.8 Å². The molecule has 244 valence electrons. The minimum Gasteiger partial charge on any atom is -0.469 e. The number of halogens is 1. The molecule has 4 rings (SSSR count). The van der Waals surface area contributed by atoms with Crippen molar-refractivity contribution in [1.29, 1.82) is 0 Å². The van der Waals surface area contributed by atoms with E-state index in [0.29, 0.717) is 11.3 Å². The summed E-state index contributed by atoms with van der Waals surface area (Å²) >= 11 is 0. The molecule has 3 atom stereocenters. The van der Waals surface area contributed by atoms with Gasteiger partial charge in [-0.2, -0.15) is 0 Å². The quantitative estimate of drug-likeness (QED) is 0.268. The number of methoxy groups -OCH3 is 1. The lowest BCUT2D eigenvalue weighted by Gasteiger charge is -2.32. The van der Waals surface area contributed by atoms with Crippen LogP contribution in [0.3, 0.4) is 0 Å². The van der Waals surface area contributed by atoms with Crippen molar-refractivity contribution in [1.82, 2.24) is 15.5 Å². The number of hydrogen-bond donors (Lipinski definition) is 3. The lowest BCUT2D eigenvalue weighted by Crippen LogP contribution is -2.50. The summed E-state index contributed by atoms with van der Waals surface area (Å²) in [5, 5.41) is 6.45. The summed E-state index contributed by atoms with van der Waals surface area (Å²) in [7, 11) is -2.91. The molecule has 13 heteroatoms. The molecular weight excluding hydrogens is 615 g/mol. The maximum atomic E-state index is 15.4. The number of anilines is 1. The molecule has 0 bridgehead atoms. The molecule has 3 N–H and O–H groups in total. The van der Waals surface area contributed by atoms with Crippen LogP contribution >= 0.6 is 0 Å². The van der Waals surface area contributed by atoms with Crippen molar-refractivity contribution in [2.75, 3.05) is 25.5 Å². The maximum Gasteiger partial charge on any atom is 0.319 e. The van der Waals surface area contributed by atoms with E-state index in [1.165, 1.54) is 37.4 Å². The van der Waals surface area contributed by atoms with Gasteiger partial charge in [0.05, 0.1) is 36.3 Å². The highest BCUT2D eigenvalue weighted by Crippen LogP contribution is 2.43. The summed E-state index contributed by atoms with van der Waals surface area (Å²) in [6, 6.07) is 16.2. The number of carbonyl (C=O) groups is 4. The fraction of sp³-hybridized carbons (Fsp3) is 0.333. The molecule has 3 aromatic carbocycles. The van der Waals surface area contributed by atoms with Gasteiger partial charge in [0.25, 0.3) is 0 Å². The molecule has 1 saturated heterocycles. The fourth-order valence-corrected chi connectivity index (χ4v) is 7.33. The Balaban J connectivity index is 1.64. The van der Waals surface area contributed by atoms with Crippen molar-refractivity contribution in [2.24, 2.45) is 5.92 Å². The fourth-order valence-electron chi connectivity index (χ4n) is 5.39. The SMILES string of the molecule is COC(=O)Cc1cccc(NC(=O)NCC(=O)N2C(C(=O)NCC(C)C)CC(S(=O)(=O)c3ccccc3)C2c2ccccc2F)c1. The molecule has 46 heavy (non-hydrogen) atoms. The lowest BCUT2D eigenvalue weighted by molar-refractivity contribution is -0.140. The van der Waals surface area contributed by atoms with Crippen LogP contribution in [0.2, 0.25) is 0 Å². The Kier molecular flexibility index (Phi) is 11.1. The number of esters is 1. The van der Waals surface area contributed by atoms with Gasteiger partial charge in [-0.25, -0.2) is 17.6 Å². The normalized spacial score (nSPS) is 17.8. The summed E-state index contributed by atoms with van der Waals surface area (Å²) in [5.74, 6) is -2.49. The van der Waals surface area contributed by atoms with Crippen molar-refractivity contribution in [2.45, 2.75) is 48.9 Å². The molecule has 1 heterocycles. The first-order valence-electron chi connectivity index (χ1n) is 14.7. The number of urea groups is 1. The van der Waals surface area contributed by atoms with E-state index in [2.05, 4.69) is 20.7 Å². The molecule has 0 aliphatic carbocycles. The third-order valence-corrected chi connectivity index (χ3v) is 9.75. The van der Waals surface area contributed by atoms with E-state index in [9.17, 15) is 27.6 Å². The van der Waals surface area contributed by atoms with E-state index >= 15 is 4.39 Å². The van der Waals surface area contributed by atoms with Gasteiger partial charge in [-0.15, -0.1) is 0 Å². The predicted molar refractivity (Wildman–Crippen MR) is 169 cm³/mol. The van der Waals surface area contributed by atoms with Crippen molar-refractivity contribution in [3.8, 4) is 0 Å². The standard InChI is InChI=1S/C33H37FN4O7S/c1-21(2)19-35-32(41)27-18-28(46(43,44)24-12-5-4-6-13-24)31(25-14-7-8-15-26(25)34)38(27)29(39)20-36-33(42)37-23-11-9-10-22(16-23)17-30(40)45-3/h4-16,21,27-28,31H,17-20H2,1-3H3,(H,35,41)(H2,36,37,42). The van der Waals surface area contributed by atoms with Crippen molar-refractivity contribution >= 4 is 39.3 Å². The van der Waals surface area contributed by atoms with Crippen molar-refractivity contribution in [3.63, 3.8) is 0 Å². The predicted octanol–water partition coefficient (Wildman–Crippen LogP) is 3.62. The number of rotatable bonds is 11. The van der Waals surface area contributed by atoms with E-state index in [-0.39, 0.29) is 35.8 Å². The number of nitrogens with one attached hydrogen (secondary N) is 3. The summed E-state index contributed by atoms with van der Waals surface area (Å²) in [6.45, 7) is 3.42. The molecule has 1 fully saturated rings. The third-order valence-electron chi connectivity index (χ3n) is 7.57. The smallest absolute Gasteiger partial charge is 0.319 e. The molecule has 0 aromatic heterocycles. The molecular formula is C33H37FN4O7S. The minimum absolute atomic E-state index is 0.00810. The summed E-state index contributed by atoms with van der Waals surface area (Å²) < 4.78 is 48.1. The van der Waals surface area contributed by atoms with E-state index in [4.69, 9.17) is 0 Å². The zero-order chi connectivity index (χ0) is 33.4. The number of benzene rings is 3. The molecule has 1 aliphatic heterocycles. The van der Waals surface area contributed by atoms with Crippen LogP contribution in [0.4, 0.5) is 14.9 Å². The molecule has 1 aliphatic rings. The Bertz CT molecular complexity index is 1680. The number of amides is 4. The number of carbonyl (C=O) groups excluding carboxylic acids is 4. The Hall–Kier alpha value is -4.78. The summed E-state index contributed by atoms with van der Waals surface area (Å²) in [5.41, 5.74) is 0.870. The second kappa shape index (κ2) is 15.0. The van der Waals surface area contributed by atoms with Crippen LogP contribution in [-0.4, -0.2) is 68.6 Å². The van der Waals surface area contributed by atoms with Gasteiger partial charge in [-0.3, -0.25) is 14.4 Å². The van der Waals surface area contributed by atoms with Gasteiger partial charge in [-0.1, -0.05) is 62.4 Å². The Morgan fingerprint density at radius 2 is 1.65 bits per heavy atom. The van der Waals surface area contributed by atoms with E-state index < -0.39 is 63.3 Å². The van der Waals surface area contributed by atoms with Gasteiger partial charge in [-0.05, 0) is 48.2 Å². The maximum absolute atomic E-state index is 15.4. The monoisotopic (exact) mass is 652 g/mol. The molecule has 11 nitrogen and oxygen atoms in total. The number of nitrogens with zero attached hydrogens (tertiary/aromatic N) is 1. The highest BCUT2D eigenvalue weighted by atomic mass is 32.2. The average molecular weight is 653 g/mol. The first-order chi connectivity index (χ1) is 21.9. The van der Waals surface area contributed by atoms with Crippen LogP contribution in [-0.2, 0) is 35.4 Å². The summed E-state index contributed by atoms with van der Waals surface area (Å²) in [6.07, 6.45) is -0.295. The molecule has 3 aromatic rings. The van der Waals surface area contributed by atoms with Crippen LogP contribution in [0.1, 0.15) is 37.4 Å². The third kappa shape index (κ3) is 8.08.